The summed E-state index contributed by atoms with van der Waals surface area (Å²) in [7, 11) is 0. The van der Waals surface area contributed by atoms with E-state index < -0.39 is 46.4 Å². The largest absolute Gasteiger partial charge is 0.514 e. The maximum Gasteiger partial charge on any atom is 0.514 e. The molecule has 18 nitrogen and oxygen atoms in total. The molecule has 55 heavy (non-hydrogen) atoms. The number of urea groups is 1. The molecule has 2 unspecified atom stereocenters. The van der Waals surface area contributed by atoms with Crippen LogP contribution in [0.4, 0.5) is 21.0 Å². The van der Waals surface area contributed by atoms with Crippen molar-refractivity contribution in [2.75, 3.05) is 51.5 Å². The molecule has 302 valence electrons. The van der Waals surface area contributed by atoms with Crippen LogP contribution in [0.25, 0.3) is 0 Å². The molecule has 0 aliphatic carbocycles. The van der Waals surface area contributed by atoms with Crippen LogP contribution in [0.1, 0.15) is 52.5 Å². The van der Waals surface area contributed by atoms with Crippen molar-refractivity contribution >= 4 is 41.3 Å². The molecule has 0 spiro atoms. The number of amides is 5. The molecule has 18 heteroatoms. The van der Waals surface area contributed by atoms with E-state index in [4.69, 9.17) is 29.4 Å². The van der Waals surface area contributed by atoms with Gasteiger partial charge in [0.2, 0.25) is 11.8 Å². The molecule has 0 aromatic heterocycles. The van der Waals surface area contributed by atoms with E-state index in [2.05, 4.69) is 21.3 Å². The van der Waals surface area contributed by atoms with Crippen LogP contribution < -0.4 is 31.7 Å². The maximum atomic E-state index is 13.7. The average Bonchev–Trinajstić information content (AvgIpc) is 3.14. The molecule has 2 aromatic carbocycles. The van der Waals surface area contributed by atoms with Crippen LogP contribution in [0.15, 0.2) is 60.7 Å². The molecule has 5 amide bonds. The van der Waals surface area contributed by atoms with E-state index in [0.717, 1.165) is 6.42 Å². The van der Waals surface area contributed by atoms with E-state index in [0.29, 0.717) is 50.7 Å². The van der Waals surface area contributed by atoms with Gasteiger partial charge in [0.1, 0.15) is 23.9 Å². The van der Waals surface area contributed by atoms with Gasteiger partial charge in [-0.1, -0.05) is 45.1 Å². The minimum Gasteiger partial charge on any atom is -0.429 e. The lowest BCUT2D eigenvalue weighted by Gasteiger charge is -2.34. The zero-order chi connectivity index (χ0) is 40.6. The zero-order valence-electron chi connectivity index (χ0n) is 31.6. The number of nitro benzene ring substituents is 1. The SMILES string of the molecule is CCCOCCOCCOCCC(=O)NC(C)(C(=O)NC(/C=C/CCNC(N)=O)C(=O)Nc1ccc(COC(=O)Oc2ccc([N+](=O)[O-])cc2)cc1)C(C)C. The highest BCUT2D eigenvalue weighted by atomic mass is 16.7. The first-order valence-corrected chi connectivity index (χ1v) is 17.8. The van der Waals surface area contributed by atoms with E-state index >= 15 is 0 Å². The Morgan fingerprint density at radius 3 is 2.11 bits per heavy atom. The lowest BCUT2D eigenvalue weighted by atomic mass is 9.86. The Morgan fingerprint density at radius 1 is 0.909 bits per heavy atom. The number of carbonyl (C=O) groups excluding carboxylic acids is 5. The van der Waals surface area contributed by atoms with Crippen LogP contribution in [-0.4, -0.2) is 92.6 Å². The molecule has 6 N–H and O–H groups in total. The molecule has 0 saturated heterocycles. The minimum atomic E-state index is -1.40. The summed E-state index contributed by atoms with van der Waals surface area (Å²) in [5.74, 6) is -1.94. The summed E-state index contributed by atoms with van der Waals surface area (Å²) in [5, 5.41) is 21.5. The van der Waals surface area contributed by atoms with Crippen molar-refractivity contribution < 1.29 is 52.6 Å². The first-order chi connectivity index (χ1) is 26.2. The van der Waals surface area contributed by atoms with E-state index in [9.17, 15) is 34.1 Å². The Kier molecular flexibility index (Phi) is 20.4. The molecule has 0 heterocycles. The Bertz CT molecular complexity index is 1570. The van der Waals surface area contributed by atoms with Crippen molar-refractivity contribution in [1.82, 2.24) is 16.0 Å². The Morgan fingerprint density at radius 2 is 1.53 bits per heavy atom. The summed E-state index contributed by atoms with van der Waals surface area (Å²) in [6, 6.07) is 9.33. The van der Waals surface area contributed by atoms with Crippen molar-refractivity contribution in [3.05, 3.63) is 76.4 Å². The fraction of sp³-hybridized carbons (Fsp3) is 0.486. The van der Waals surface area contributed by atoms with Crippen LogP contribution in [0, 0.1) is 16.0 Å². The first-order valence-electron chi connectivity index (χ1n) is 17.8. The van der Waals surface area contributed by atoms with Crippen LogP contribution >= 0.6 is 0 Å². The number of carbonyl (C=O) groups is 5. The second kappa shape index (κ2) is 24.7. The van der Waals surface area contributed by atoms with Crippen molar-refractivity contribution in [3.8, 4) is 5.75 Å². The van der Waals surface area contributed by atoms with E-state index in [-0.39, 0.29) is 43.5 Å². The average molecular weight is 773 g/mol. The van der Waals surface area contributed by atoms with Gasteiger partial charge in [0, 0.05) is 37.4 Å². The van der Waals surface area contributed by atoms with Gasteiger partial charge in [0.05, 0.1) is 38.0 Å². The standard InChI is InChI=1S/C37H52N6O12/c1-5-19-51-21-23-53-24-22-52-20-17-32(44)42-37(4,26(2)3)34(46)41-31(8-6-7-18-39-35(38)47)33(45)40-28-11-9-27(10-12-28)25-54-36(48)55-30-15-13-29(14-16-30)43(49)50/h6,8-16,26,31H,5,7,17-25H2,1-4H3,(H,40,45)(H,41,46)(H,42,44)(H3,38,39,47)/b8-6+. The summed E-state index contributed by atoms with van der Waals surface area (Å²) in [6.45, 7) is 9.51. The molecule has 0 aliphatic heterocycles. The number of nitrogens with zero attached hydrogens (tertiary/aromatic N) is 1. The quantitative estimate of drug-likeness (QED) is 0.0242. The molecule has 2 rings (SSSR count). The van der Waals surface area contributed by atoms with Crippen LogP contribution in [0.3, 0.4) is 0 Å². The summed E-state index contributed by atoms with van der Waals surface area (Å²) < 4.78 is 26.4. The summed E-state index contributed by atoms with van der Waals surface area (Å²) in [6.07, 6.45) is 3.27. The fourth-order valence-electron chi connectivity index (χ4n) is 4.48. The summed E-state index contributed by atoms with van der Waals surface area (Å²) in [5.41, 5.74) is 4.47. The highest BCUT2D eigenvalue weighted by molar-refractivity contribution is 6.00. The van der Waals surface area contributed by atoms with Gasteiger partial charge in [-0.2, -0.15) is 0 Å². The highest BCUT2D eigenvalue weighted by Gasteiger charge is 2.39. The number of anilines is 1. The minimum absolute atomic E-state index is 0.00606. The number of primary amides is 1. The number of non-ortho nitro benzene ring substituents is 1. The Labute approximate surface area is 319 Å². The van der Waals surface area contributed by atoms with Gasteiger partial charge in [-0.3, -0.25) is 24.5 Å². The fourth-order valence-corrected chi connectivity index (χ4v) is 4.48. The Hall–Kier alpha value is -5.59. The number of benzene rings is 2. The molecular formula is C37H52N6O12. The lowest BCUT2D eigenvalue weighted by Crippen LogP contribution is -2.62. The van der Waals surface area contributed by atoms with Gasteiger partial charge in [0.15, 0.2) is 0 Å². The monoisotopic (exact) mass is 772 g/mol. The smallest absolute Gasteiger partial charge is 0.429 e. The predicted octanol–water partition coefficient (Wildman–Crippen LogP) is 3.73. The van der Waals surface area contributed by atoms with E-state index in [1.807, 2.05) is 6.92 Å². The Balaban J connectivity index is 1.98. The molecule has 2 atom stereocenters. The third kappa shape index (κ3) is 17.9. The van der Waals surface area contributed by atoms with Crippen LogP contribution in [-0.2, 0) is 39.9 Å². The van der Waals surface area contributed by atoms with Gasteiger partial charge in [0.25, 0.3) is 11.6 Å². The second-order valence-corrected chi connectivity index (χ2v) is 12.5. The molecule has 0 fully saturated rings. The van der Waals surface area contributed by atoms with Crippen LogP contribution in [0.5, 0.6) is 5.75 Å². The van der Waals surface area contributed by atoms with Crippen molar-refractivity contribution in [1.29, 1.82) is 0 Å². The third-order valence-corrected chi connectivity index (χ3v) is 7.93. The third-order valence-electron chi connectivity index (χ3n) is 7.93. The maximum absolute atomic E-state index is 13.7. The zero-order valence-corrected chi connectivity index (χ0v) is 31.6. The van der Waals surface area contributed by atoms with Crippen molar-refractivity contribution in [2.24, 2.45) is 11.7 Å². The van der Waals surface area contributed by atoms with Crippen molar-refractivity contribution in [2.45, 2.75) is 65.1 Å². The number of nitrogens with two attached hydrogens (primary N) is 1. The predicted molar refractivity (Wildman–Crippen MR) is 201 cm³/mol. The molecule has 0 aliphatic rings. The number of nitro groups is 1. The number of hydrogen-bond donors (Lipinski definition) is 5. The number of hydrogen-bond acceptors (Lipinski definition) is 12. The van der Waals surface area contributed by atoms with Gasteiger partial charge in [-0.15, -0.1) is 0 Å². The molecular weight excluding hydrogens is 720 g/mol. The molecule has 2 aromatic rings. The molecule has 0 radical (unpaired) electrons. The van der Waals surface area contributed by atoms with Gasteiger partial charge in [-0.05, 0) is 55.5 Å². The van der Waals surface area contributed by atoms with Gasteiger partial charge < -0.3 is 50.7 Å². The molecule has 0 saturated carbocycles. The normalized spacial score (nSPS) is 12.7. The first kappa shape index (κ1) is 45.6. The second-order valence-electron chi connectivity index (χ2n) is 12.5. The van der Waals surface area contributed by atoms with E-state index in [1.165, 1.54) is 30.3 Å². The van der Waals surface area contributed by atoms with Gasteiger partial charge >= 0.3 is 12.2 Å². The van der Waals surface area contributed by atoms with Gasteiger partial charge in [-0.25, -0.2) is 9.59 Å². The topological polar surface area (TPSA) is 249 Å². The highest BCUT2D eigenvalue weighted by Crippen LogP contribution is 2.20. The molecule has 0 bridgehead atoms. The van der Waals surface area contributed by atoms with Crippen LogP contribution in [0.2, 0.25) is 0 Å². The van der Waals surface area contributed by atoms with Crippen molar-refractivity contribution in [3.63, 3.8) is 0 Å². The summed E-state index contributed by atoms with van der Waals surface area (Å²) >= 11 is 0. The summed E-state index contributed by atoms with van der Waals surface area (Å²) in [4.78, 5) is 73.4. The van der Waals surface area contributed by atoms with E-state index in [1.54, 1.807) is 51.1 Å². The lowest BCUT2D eigenvalue weighted by molar-refractivity contribution is -0.384. The number of ether oxygens (including phenoxy) is 5. The number of rotatable bonds is 25. The number of nitrogens with one attached hydrogen (secondary N) is 4.